The highest BCUT2D eigenvalue weighted by atomic mass is 32.2. The lowest BCUT2D eigenvalue weighted by Gasteiger charge is -2.23. The first kappa shape index (κ1) is 27.2. The molecule has 2 aliphatic heterocycles. The van der Waals surface area contributed by atoms with Gasteiger partial charge < -0.3 is 10.1 Å². The minimum absolute atomic E-state index is 0.0157. The van der Waals surface area contributed by atoms with Gasteiger partial charge in [0.15, 0.2) is 0 Å². The summed E-state index contributed by atoms with van der Waals surface area (Å²) in [5.74, 6) is -1.68. The van der Waals surface area contributed by atoms with Gasteiger partial charge in [0, 0.05) is 35.9 Å². The van der Waals surface area contributed by atoms with E-state index in [1.807, 2.05) is 60.7 Å². The molecule has 0 saturated carbocycles. The maximum atomic E-state index is 15.3. The first-order valence-electron chi connectivity index (χ1n) is 13.5. The van der Waals surface area contributed by atoms with Crippen LogP contribution >= 0.6 is 11.8 Å². The molecule has 0 spiro atoms. The summed E-state index contributed by atoms with van der Waals surface area (Å²) in [6.45, 7) is 0.787. The molecule has 0 aliphatic carbocycles. The average Bonchev–Trinajstić information content (AvgIpc) is 3.62. The molecule has 1 N–H and O–H groups in total. The molecule has 4 aromatic rings. The third-order valence-electron chi connectivity index (χ3n) is 7.23. The van der Waals surface area contributed by atoms with Crippen LogP contribution in [0.4, 0.5) is 14.6 Å². The molecule has 1 saturated heterocycles. The van der Waals surface area contributed by atoms with E-state index in [-0.39, 0.29) is 35.8 Å². The van der Waals surface area contributed by atoms with Crippen LogP contribution in [-0.2, 0) is 14.3 Å². The van der Waals surface area contributed by atoms with Crippen LogP contribution in [-0.4, -0.2) is 53.1 Å². The lowest BCUT2D eigenvalue weighted by molar-refractivity contribution is -0.123. The highest BCUT2D eigenvalue weighted by molar-refractivity contribution is 8.00. The Hall–Kier alpha value is -4.02. The van der Waals surface area contributed by atoms with Gasteiger partial charge in [0.1, 0.15) is 24.0 Å². The zero-order valence-corrected chi connectivity index (χ0v) is 22.9. The summed E-state index contributed by atoms with van der Waals surface area (Å²) < 4.78 is 36.5. The number of aromatic nitrogens is 2. The summed E-state index contributed by atoms with van der Waals surface area (Å²) in [6.07, 6.45) is 1.77. The van der Waals surface area contributed by atoms with Crippen LogP contribution in [0, 0.1) is 11.6 Å². The van der Waals surface area contributed by atoms with E-state index in [2.05, 4.69) is 5.32 Å². The summed E-state index contributed by atoms with van der Waals surface area (Å²) in [4.78, 5) is 28.4. The van der Waals surface area contributed by atoms with Gasteiger partial charge in [0.25, 0.3) is 0 Å². The lowest BCUT2D eigenvalue weighted by atomic mass is 9.99. The highest BCUT2D eigenvalue weighted by Gasteiger charge is 2.38. The number of nitrogens with zero attached hydrogens (tertiary/aromatic N) is 3. The minimum Gasteiger partial charge on any atom is -0.376 e. The van der Waals surface area contributed by atoms with Gasteiger partial charge in [-0.25, -0.2) is 13.5 Å². The number of para-hydroxylation sites is 1. The number of hydrogen-bond acceptors (Lipinski definition) is 5. The Morgan fingerprint density at radius 3 is 2.51 bits per heavy atom. The van der Waals surface area contributed by atoms with Gasteiger partial charge in [-0.1, -0.05) is 54.6 Å². The fraction of sp³-hybridized carbons (Fsp3) is 0.258. The van der Waals surface area contributed by atoms with E-state index in [1.54, 1.807) is 4.68 Å². The van der Waals surface area contributed by atoms with Crippen molar-refractivity contribution in [3.8, 4) is 16.9 Å². The third kappa shape index (κ3) is 5.62. The first-order valence-corrected chi connectivity index (χ1v) is 14.5. The fourth-order valence-corrected chi connectivity index (χ4v) is 6.49. The first-order chi connectivity index (χ1) is 20.0. The van der Waals surface area contributed by atoms with E-state index >= 15 is 4.39 Å². The third-order valence-corrected chi connectivity index (χ3v) is 8.47. The number of carbonyl (C=O) groups is 2. The molecule has 41 heavy (non-hydrogen) atoms. The molecule has 1 fully saturated rings. The van der Waals surface area contributed by atoms with Gasteiger partial charge in [-0.15, -0.1) is 11.8 Å². The van der Waals surface area contributed by atoms with Crippen molar-refractivity contribution in [1.29, 1.82) is 0 Å². The second kappa shape index (κ2) is 11.8. The number of ether oxygens (including phenoxy) is 1. The van der Waals surface area contributed by atoms with Crippen molar-refractivity contribution in [2.24, 2.45) is 0 Å². The zero-order valence-electron chi connectivity index (χ0n) is 22.1. The molecule has 7 nitrogen and oxygen atoms in total. The van der Waals surface area contributed by atoms with E-state index < -0.39 is 16.9 Å². The number of carbonyl (C=O) groups excluding carboxylic acids is 2. The summed E-state index contributed by atoms with van der Waals surface area (Å²) in [7, 11) is 0. The van der Waals surface area contributed by atoms with Gasteiger partial charge in [0.2, 0.25) is 11.8 Å². The maximum absolute atomic E-state index is 15.3. The summed E-state index contributed by atoms with van der Waals surface area (Å²) >= 11 is 1.23. The number of fused-ring (bicyclic) bond motifs is 1. The second-order valence-corrected chi connectivity index (χ2v) is 11.1. The van der Waals surface area contributed by atoms with Crippen LogP contribution in [0.15, 0.2) is 78.9 Å². The van der Waals surface area contributed by atoms with Crippen molar-refractivity contribution in [2.45, 2.75) is 24.2 Å². The van der Waals surface area contributed by atoms with Crippen molar-refractivity contribution in [3.63, 3.8) is 0 Å². The van der Waals surface area contributed by atoms with Crippen molar-refractivity contribution in [2.75, 3.05) is 30.3 Å². The molecule has 0 radical (unpaired) electrons. The molecule has 3 aromatic carbocycles. The van der Waals surface area contributed by atoms with Crippen LogP contribution in [0.3, 0.4) is 0 Å². The Morgan fingerprint density at radius 1 is 1.05 bits per heavy atom. The molecular formula is C31H28F2N4O3S. The number of thioether (sulfide) groups is 1. The topological polar surface area (TPSA) is 76.5 Å². The van der Waals surface area contributed by atoms with E-state index in [1.165, 1.54) is 28.8 Å². The predicted molar refractivity (Wildman–Crippen MR) is 154 cm³/mol. The fourth-order valence-electron chi connectivity index (χ4n) is 5.27. The van der Waals surface area contributed by atoms with Crippen LogP contribution in [0.25, 0.3) is 16.9 Å². The number of halogens is 2. The molecule has 2 atom stereocenters. The van der Waals surface area contributed by atoms with Crippen molar-refractivity contribution < 1.29 is 23.1 Å². The van der Waals surface area contributed by atoms with E-state index in [4.69, 9.17) is 9.84 Å². The van der Waals surface area contributed by atoms with E-state index in [0.29, 0.717) is 35.9 Å². The van der Waals surface area contributed by atoms with Gasteiger partial charge in [-0.05, 0) is 31.0 Å². The quantitative estimate of drug-likeness (QED) is 0.325. The number of rotatable bonds is 7. The van der Waals surface area contributed by atoms with Crippen molar-refractivity contribution >= 4 is 29.4 Å². The van der Waals surface area contributed by atoms with Gasteiger partial charge in [0.05, 0.1) is 28.5 Å². The second-order valence-electron chi connectivity index (χ2n) is 9.98. The van der Waals surface area contributed by atoms with Gasteiger partial charge in [-0.3, -0.25) is 14.5 Å². The van der Waals surface area contributed by atoms with Gasteiger partial charge in [-0.2, -0.15) is 5.10 Å². The van der Waals surface area contributed by atoms with Crippen LogP contribution < -0.4 is 10.2 Å². The zero-order chi connectivity index (χ0) is 28.3. The number of hydrogen-bond donors (Lipinski definition) is 1. The summed E-state index contributed by atoms with van der Waals surface area (Å²) in [5.41, 5.74) is 2.80. The number of benzene rings is 3. The van der Waals surface area contributed by atoms with E-state index in [0.717, 1.165) is 24.5 Å². The lowest BCUT2D eigenvalue weighted by Crippen LogP contribution is -2.44. The Kier molecular flexibility index (Phi) is 7.84. The predicted octanol–water partition coefficient (Wildman–Crippen LogP) is 5.28. The molecular weight excluding hydrogens is 546 g/mol. The van der Waals surface area contributed by atoms with Gasteiger partial charge >= 0.3 is 0 Å². The molecule has 1 aromatic heterocycles. The molecule has 0 bridgehead atoms. The Labute approximate surface area is 240 Å². The van der Waals surface area contributed by atoms with Crippen molar-refractivity contribution in [1.82, 2.24) is 15.1 Å². The summed E-state index contributed by atoms with van der Waals surface area (Å²) in [6, 6.07) is 22.2. The number of amides is 2. The molecule has 2 aliphatic rings. The Balaban J connectivity index is 1.52. The highest BCUT2D eigenvalue weighted by Crippen LogP contribution is 2.49. The standard InChI is InChI=1S/C31H28F2N4O3S/c32-21-13-14-24(25(33)16-21)30-28-29(20-8-3-1-4-9-20)35-37(22-10-5-2-6-11-22)31(28)36(27(39)19-41-30)18-26(38)34-17-23-12-7-15-40-23/h1-6,8-11,13-14,16,23,30H,7,12,15,17-19H2,(H,34,38). The Morgan fingerprint density at radius 2 is 1.80 bits per heavy atom. The number of nitrogens with one attached hydrogen (secondary N) is 1. The molecule has 3 heterocycles. The maximum Gasteiger partial charge on any atom is 0.240 e. The SMILES string of the molecule is O=C(CN1C(=O)CSC(c2ccc(F)cc2F)c2c(-c3ccccc3)nn(-c3ccccc3)c21)NCC1CCCO1. The Bertz CT molecular complexity index is 1560. The van der Waals surface area contributed by atoms with Crippen LogP contribution in [0.2, 0.25) is 0 Å². The van der Waals surface area contributed by atoms with E-state index in [9.17, 15) is 14.0 Å². The minimum atomic E-state index is -0.713. The largest absolute Gasteiger partial charge is 0.376 e. The molecule has 10 heteroatoms. The monoisotopic (exact) mass is 574 g/mol. The molecule has 2 amide bonds. The normalized spacial score (nSPS) is 18.7. The smallest absolute Gasteiger partial charge is 0.240 e. The van der Waals surface area contributed by atoms with Crippen LogP contribution in [0.5, 0.6) is 0 Å². The molecule has 210 valence electrons. The average molecular weight is 575 g/mol. The number of anilines is 1. The molecule has 6 rings (SSSR count). The molecule has 2 unspecified atom stereocenters. The van der Waals surface area contributed by atoms with Crippen LogP contribution in [0.1, 0.15) is 29.2 Å². The van der Waals surface area contributed by atoms with Crippen molar-refractivity contribution in [3.05, 3.63) is 102 Å². The summed E-state index contributed by atoms with van der Waals surface area (Å²) in [5, 5.41) is 7.17.